The first-order valence-corrected chi connectivity index (χ1v) is 14.1. The number of rotatable bonds is 7. The topological polar surface area (TPSA) is 126 Å². The molecule has 1 aromatic heterocycles. The number of aromatic nitrogens is 2. The molecule has 2 saturated carbocycles. The zero-order chi connectivity index (χ0) is 24.2. The van der Waals surface area contributed by atoms with Crippen molar-refractivity contribution in [3.05, 3.63) is 36.2 Å². The lowest BCUT2D eigenvalue weighted by Crippen LogP contribution is -2.63. The van der Waals surface area contributed by atoms with E-state index in [0.717, 1.165) is 56.9 Å². The summed E-state index contributed by atoms with van der Waals surface area (Å²) in [5, 5.41) is 17.7. The van der Waals surface area contributed by atoms with Gasteiger partial charge in [-0.25, -0.2) is 0 Å². The van der Waals surface area contributed by atoms with E-state index >= 15 is 0 Å². The molecule has 3 fully saturated rings. The standard InChI is InChI=1S/C25H33N5O4S/c31-21(14-15-35(33)25-27-20-9-5-4-8-19(20)22(32)28-25)26-18-12-10-17(11-13-18)24-30-29-23(34-24)16-6-2-1-3-7-16/h1-3,6-7,17-20,25,27H,4-5,8-15H2,(H,26,31)(H,28,32). The van der Waals surface area contributed by atoms with Crippen molar-refractivity contribution < 1.29 is 18.2 Å². The summed E-state index contributed by atoms with van der Waals surface area (Å²) in [4.78, 5) is 24.9. The molecule has 0 bridgehead atoms. The molecule has 10 heteroatoms. The summed E-state index contributed by atoms with van der Waals surface area (Å²) >= 11 is 0. The highest BCUT2D eigenvalue weighted by Gasteiger charge is 2.39. The van der Waals surface area contributed by atoms with Crippen molar-refractivity contribution in [1.82, 2.24) is 26.1 Å². The first-order chi connectivity index (χ1) is 17.1. The minimum atomic E-state index is -1.35. The SMILES string of the molecule is O=C(CCS(=O)C1NC(=O)C2CCCCC2N1)NC1CCC(c2nnc(-c3ccccc3)o2)CC1. The average Bonchev–Trinajstić information content (AvgIpc) is 3.39. The van der Waals surface area contributed by atoms with Crippen molar-refractivity contribution in [2.24, 2.45) is 5.92 Å². The third kappa shape index (κ3) is 5.81. The van der Waals surface area contributed by atoms with E-state index in [2.05, 4.69) is 26.1 Å². The van der Waals surface area contributed by atoms with Crippen LogP contribution in [0, 0.1) is 5.92 Å². The number of benzene rings is 1. The molecule has 3 aliphatic rings. The quantitative estimate of drug-likeness (QED) is 0.534. The van der Waals surface area contributed by atoms with Crippen molar-refractivity contribution >= 4 is 22.6 Å². The van der Waals surface area contributed by atoms with Crippen LogP contribution < -0.4 is 16.0 Å². The zero-order valence-electron chi connectivity index (χ0n) is 19.8. The van der Waals surface area contributed by atoms with Crippen LogP contribution >= 0.6 is 0 Å². The van der Waals surface area contributed by atoms with Crippen LogP contribution in [0.3, 0.4) is 0 Å². The molecule has 9 nitrogen and oxygen atoms in total. The number of hydrogen-bond acceptors (Lipinski definition) is 7. The second kappa shape index (κ2) is 11.0. The molecule has 2 heterocycles. The number of carbonyl (C=O) groups excluding carboxylic acids is 2. The second-order valence-electron chi connectivity index (χ2n) is 9.82. The summed E-state index contributed by atoms with van der Waals surface area (Å²) in [6, 6.07) is 9.91. The largest absolute Gasteiger partial charge is 0.420 e. The number of carbonyl (C=O) groups is 2. The third-order valence-corrected chi connectivity index (χ3v) is 8.82. The van der Waals surface area contributed by atoms with E-state index in [1.54, 1.807) is 0 Å². The van der Waals surface area contributed by atoms with Gasteiger partial charge in [0.25, 0.3) is 0 Å². The maximum atomic E-state index is 12.7. The highest BCUT2D eigenvalue weighted by atomic mass is 32.2. The average molecular weight is 500 g/mol. The van der Waals surface area contributed by atoms with E-state index in [4.69, 9.17) is 4.42 Å². The highest BCUT2D eigenvalue weighted by molar-refractivity contribution is 7.85. The van der Waals surface area contributed by atoms with Gasteiger partial charge in [-0.3, -0.25) is 19.1 Å². The molecule has 188 valence electrons. The summed E-state index contributed by atoms with van der Waals surface area (Å²) in [7, 11) is -1.35. The van der Waals surface area contributed by atoms with Gasteiger partial charge in [0.2, 0.25) is 23.6 Å². The summed E-state index contributed by atoms with van der Waals surface area (Å²) in [6.45, 7) is 0. The Morgan fingerprint density at radius 1 is 1.06 bits per heavy atom. The van der Waals surface area contributed by atoms with E-state index < -0.39 is 16.3 Å². The predicted molar refractivity (Wildman–Crippen MR) is 131 cm³/mol. The van der Waals surface area contributed by atoms with Crippen LogP contribution in [0.4, 0.5) is 0 Å². The van der Waals surface area contributed by atoms with Crippen LogP contribution in [0.2, 0.25) is 0 Å². The fourth-order valence-corrected chi connectivity index (χ4v) is 6.65. The first-order valence-electron chi connectivity index (χ1n) is 12.7. The zero-order valence-corrected chi connectivity index (χ0v) is 20.6. The summed E-state index contributed by atoms with van der Waals surface area (Å²) < 4.78 is 18.7. The van der Waals surface area contributed by atoms with Crippen molar-refractivity contribution in [3.8, 4) is 11.5 Å². The van der Waals surface area contributed by atoms with Crippen molar-refractivity contribution in [1.29, 1.82) is 0 Å². The molecule has 4 unspecified atom stereocenters. The Hall–Kier alpha value is -2.59. The lowest BCUT2D eigenvalue weighted by atomic mass is 9.83. The fourth-order valence-electron chi connectivity index (χ4n) is 5.45. The number of nitrogens with one attached hydrogen (secondary N) is 3. The van der Waals surface area contributed by atoms with Crippen LogP contribution in [0.25, 0.3) is 11.5 Å². The van der Waals surface area contributed by atoms with Gasteiger partial charge in [-0.1, -0.05) is 31.0 Å². The van der Waals surface area contributed by atoms with Gasteiger partial charge in [0, 0.05) is 35.7 Å². The Bertz CT molecular complexity index is 1050. The van der Waals surface area contributed by atoms with Gasteiger partial charge in [-0.05, 0) is 50.7 Å². The minimum Gasteiger partial charge on any atom is -0.420 e. The molecule has 2 amide bonds. The first kappa shape index (κ1) is 24.1. The minimum absolute atomic E-state index is 0.00912. The van der Waals surface area contributed by atoms with Crippen LogP contribution in [-0.2, 0) is 20.4 Å². The number of amides is 2. The van der Waals surface area contributed by atoms with Crippen molar-refractivity contribution in [3.63, 3.8) is 0 Å². The smallest absolute Gasteiger partial charge is 0.247 e. The van der Waals surface area contributed by atoms with Gasteiger partial charge in [0.05, 0.1) is 16.7 Å². The predicted octanol–water partition coefficient (Wildman–Crippen LogP) is 2.58. The molecular weight excluding hydrogens is 466 g/mol. The third-order valence-electron chi connectivity index (χ3n) is 7.44. The molecule has 0 spiro atoms. The van der Waals surface area contributed by atoms with Gasteiger partial charge in [0.1, 0.15) is 0 Å². The second-order valence-corrected chi connectivity index (χ2v) is 11.5. The van der Waals surface area contributed by atoms with Crippen molar-refractivity contribution in [2.75, 3.05) is 5.75 Å². The van der Waals surface area contributed by atoms with Gasteiger partial charge in [-0.15, -0.1) is 10.2 Å². The van der Waals surface area contributed by atoms with Crippen LogP contribution in [0.5, 0.6) is 0 Å². The maximum absolute atomic E-state index is 12.7. The van der Waals surface area contributed by atoms with E-state index in [-0.39, 0.29) is 47.9 Å². The molecule has 1 saturated heterocycles. The summed E-state index contributed by atoms with van der Waals surface area (Å²) in [5.74, 6) is 1.49. The number of fused-ring (bicyclic) bond motifs is 1. The fraction of sp³-hybridized carbons (Fsp3) is 0.600. The summed E-state index contributed by atoms with van der Waals surface area (Å²) in [6.07, 6.45) is 7.57. The Labute approximate surface area is 207 Å². The lowest BCUT2D eigenvalue weighted by Gasteiger charge is -2.39. The molecular formula is C25H33N5O4S. The molecule has 0 radical (unpaired) electrons. The summed E-state index contributed by atoms with van der Waals surface area (Å²) in [5.41, 5.74) is 0.339. The van der Waals surface area contributed by atoms with E-state index in [1.807, 2.05) is 30.3 Å². The van der Waals surface area contributed by atoms with Gasteiger partial charge >= 0.3 is 0 Å². The van der Waals surface area contributed by atoms with Gasteiger partial charge in [-0.2, -0.15) is 0 Å². The Kier molecular flexibility index (Phi) is 7.57. The normalized spacial score (nSPS) is 29.6. The number of nitrogens with zero attached hydrogens (tertiary/aromatic N) is 2. The molecule has 4 atom stereocenters. The Balaban J connectivity index is 1.04. The molecule has 1 aromatic carbocycles. The number of hydrogen-bond donors (Lipinski definition) is 3. The molecule has 1 aliphatic heterocycles. The maximum Gasteiger partial charge on any atom is 0.247 e. The van der Waals surface area contributed by atoms with E-state index in [1.165, 1.54) is 0 Å². The monoisotopic (exact) mass is 499 g/mol. The van der Waals surface area contributed by atoms with Gasteiger partial charge in [0.15, 0.2) is 5.50 Å². The molecule has 3 N–H and O–H groups in total. The van der Waals surface area contributed by atoms with Crippen LogP contribution in [-0.4, -0.2) is 49.6 Å². The molecule has 2 aliphatic carbocycles. The molecule has 35 heavy (non-hydrogen) atoms. The van der Waals surface area contributed by atoms with Crippen molar-refractivity contribution in [2.45, 2.75) is 81.3 Å². The lowest BCUT2D eigenvalue weighted by molar-refractivity contribution is -0.129. The molecule has 2 aromatic rings. The van der Waals surface area contributed by atoms with Gasteiger partial charge < -0.3 is 15.1 Å². The van der Waals surface area contributed by atoms with Crippen LogP contribution in [0.15, 0.2) is 34.7 Å². The van der Waals surface area contributed by atoms with E-state index in [9.17, 15) is 13.8 Å². The van der Waals surface area contributed by atoms with Crippen LogP contribution in [0.1, 0.15) is 69.6 Å². The Morgan fingerprint density at radius 3 is 2.63 bits per heavy atom. The highest BCUT2D eigenvalue weighted by Crippen LogP contribution is 2.33. The Morgan fingerprint density at radius 2 is 1.83 bits per heavy atom. The van der Waals surface area contributed by atoms with E-state index in [0.29, 0.717) is 11.8 Å². The molecule has 5 rings (SSSR count).